The van der Waals surface area contributed by atoms with Crippen LogP contribution in [-0.4, -0.2) is 19.1 Å². The van der Waals surface area contributed by atoms with Gasteiger partial charge in [-0.1, -0.05) is 61.9 Å². The van der Waals surface area contributed by atoms with Crippen LogP contribution in [0.25, 0.3) is 0 Å². The van der Waals surface area contributed by atoms with Crippen molar-refractivity contribution in [2.24, 2.45) is 0 Å². The first-order valence-corrected chi connectivity index (χ1v) is 9.94. The maximum atomic E-state index is 12.1. The summed E-state index contributed by atoms with van der Waals surface area (Å²) < 4.78 is 11.2. The standard InChI is InChI=1S/C21H25Cl2NO3/c1-2-3-4-5-6-12-26-18-9-7-8-17(14-18)24-21(25)15-27-20-11-10-16(22)13-19(20)23/h7-11,13-14H,2-6,12,15H2,1H3,(H,24,25). The number of hydrogen-bond donors (Lipinski definition) is 1. The van der Waals surface area contributed by atoms with Crippen LogP contribution in [0.2, 0.25) is 10.0 Å². The molecule has 0 heterocycles. The molecule has 0 saturated carbocycles. The average Bonchev–Trinajstić information content (AvgIpc) is 2.64. The minimum Gasteiger partial charge on any atom is -0.494 e. The maximum Gasteiger partial charge on any atom is 0.262 e. The Bertz CT molecular complexity index is 737. The van der Waals surface area contributed by atoms with Gasteiger partial charge in [-0.05, 0) is 36.8 Å². The molecule has 0 aliphatic heterocycles. The van der Waals surface area contributed by atoms with Crippen molar-refractivity contribution >= 4 is 34.8 Å². The van der Waals surface area contributed by atoms with E-state index in [0.29, 0.717) is 28.1 Å². The lowest BCUT2D eigenvalue weighted by Crippen LogP contribution is -2.20. The smallest absolute Gasteiger partial charge is 0.262 e. The number of halogens is 2. The van der Waals surface area contributed by atoms with Gasteiger partial charge in [0.05, 0.1) is 11.6 Å². The summed E-state index contributed by atoms with van der Waals surface area (Å²) in [4.78, 5) is 12.1. The van der Waals surface area contributed by atoms with Crippen LogP contribution in [0.3, 0.4) is 0 Å². The van der Waals surface area contributed by atoms with Crippen molar-refractivity contribution in [3.8, 4) is 11.5 Å². The summed E-state index contributed by atoms with van der Waals surface area (Å²) in [6.45, 7) is 2.73. The third kappa shape index (κ3) is 8.10. The Labute approximate surface area is 170 Å². The van der Waals surface area contributed by atoms with Gasteiger partial charge in [0.1, 0.15) is 11.5 Å². The van der Waals surface area contributed by atoms with Crippen molar-refractivity contribution in [1.29, 1.82) is 0 Å². The number of carbonyl (C=O) groups excluding carboxylic acids is 1. The van der Waals surface area contributed by atoms with E-state index < -0.39 is 0 Å². The Morgan fingerprint density at radius 1 is 1.00 bits per heavy atom. The summed E-state index contributed by atoms with van der Waals surface area (Å²) >= 11 is 11.9. The highest BCUT2D eigenvalue weighted by molar-refractivity contribution is 6.35. The number of nitrogens with one attached hydrogen (secondary N) is 1. The number of hydrogen-bond acceptors (Lipinski definition) is 3. The lowest BCUT2D eigenvalue weighted by Gasteiger charge is -2.11. The second-order valence-electron chi connectivity index (χ2n) is 6.20. The lowest BCUT2D eigenvalue weighted by molar-refractivity contribution is -0.118. The first-order valence-electron chi connectivity index (χ1n) is 9.19. The molecule has 0 unspecified atom stereocenters. The third-order valence-electron chi connectivity index (χ3n) is 3.89. The van der Waals surface area contributed by atoms with Gasteiger partial charge in [-0.3, -0.25) is 4.79 Å². The molecule has 2 rings (SSSR count). The predicted molar refractivity (Wildman–Crippen MR) is 111 cm³/mol. The maximum absolute atomic E-state index is 12.1. The summed E-state index contributed by atoms with van der Waals surface area (Å²) in [5, 5.41) is 3.67. The van der Waals surface area contributed by atoms with Crippen molar-refractivity contribution in [3.63, 3.8) is 0 Å². The molecule has 27 heavy (non-hydrogen) atoms. The molecule has 2 aromatic carbocycles. The highest BCUT2D eigenvalue weighted by Crippen LogP contribution is 2.27. The zero-order valence-corrected chi connectivity index (χ0v) is 17.0. The van der Waals surface area contributed by atoms with Gasteiger partial charge in [0.25, 0.3) is 5.91 Å². The minimum atomic E-state index is -0.280. The molecule has 0 spiro atoms. The Morgan fingerprint density at radius 3 is 2.59 bits per heavy atom. The molecule has 0 saturated heterocycles. The van der Waals surface area contributed by atoms with Crippen LogP contribution in [0.5, 0.6) is 11.5 Å². The van der Waals surface area contributed by atoms with Crippen LogP contribution in [0.15, 0.2) is 42.5 Å². The number of rotatable bonds is 11. The van der Waals surface area contributed by atoms with Crippen molar-refractivity contribution in [3.05, 3.63) is 52.5 Å². The molecule has 146 valence electrons. The molecular weight excluding hydrogens is 385 g/mol. The quantitative estimate of drug-likeness (QED) is 0.439. The van der Waals surface area contributed by atoms with E-state index in [-0.39, 0.29) is 12.5 Å². The van der Waals surface area contributed by atoms with E-state index in [1.807, 2.05) is 12.1 Å². The van der Waals surface area contributed by atoms with Gasteiger partial charge < -0.3 is 14.8 Å². The summed E-state index contributed by atoms with van der Waals surface area (Å²) in [5.74, 6) is 0.874. The largest absolute Gasteiger partial charge is 0.494 e. The number of carbonyl (C=O) groups is 1. The van der Waals surface area contributed by atoms with Crippen LogP contribution >= 0.6 is 23.2 Å². The van der Waals surface area contributed by atoms with Gasteiger partial charge in [-0.25, -0.2) is 0 Å². The van der Waals surface area contributed by atoms with Gasteiger partial charge in [-0.15, -0.1) is 0 Å². The summed E-state index contributed by atoms with van der Waals surface area (Å²) in [6, 6.07) is 12.2. The van der Waals surface area contributed by atoms with Gasteiger partial charge in [0, 0.05) is 16.8 Å². The fraction of sp³-hybridized carbons (Fsp3) is 0.381. The summed E-state index contributed by atoms with van der Waals surface area (Å²) in [7, 11) is 0. The first kappa shape index (κ1) is 21.4. The molecule has 0 atom stereocenters. The number of amides is 1. The van der Waals surface area contributed by atoms with E-state index in [1.54, 1.807) is 30.3 Å². The normalized spacial score (nSPS) is 10.5. The second-order valence-corrected chi connectivity index (χ2v) is 7.05. The summed E-state index contributed by atoms with van der Waals surface area (Å²) in [5.41, 5.74) is 0.661. The molecule has 0 fully saturated rings. The van der Waals surface area contributed by atoms with Crippen molar-refractivity contribution in [1.82, 2.24) is 0 Å². The van der Waals surface area contributed by atoms with E-state index in [4.69, 9.17) is 32.7 Å². The molecular formula is C21H25Cl2NO3. The van der Waals surface area contributed by atoms with E-state index >= 15 is 0 Å². The topological polar surface area (TPSA) is 47.6 Å². The van der Waals surface area contributed by atoms with Gasteiger partial charge in [0.15, 0.2) is 6.61 Å². The molecule has 6 heteroatoms. The number of anilines is 1. The number of unbranched alkanes of at least 4 members (excludes halogenated alkanes) is 4. The molecule has 0 aliphatic carbocycles. The zero-order valence-electron chi connectivity index (χ0n) is 15.5. The molecule has 4 nitrogen and oxygen atoms in total. The molecule has 0 radical (unpaired) electrons. The Kier molecular flexibility index (Phi) is 9.29. The number of benzene rings is 2. The van der Waals surface area contributed by atoms with Crippen LogP contribution in [0.1, 0.15) is 39.0 Å². The molecule has 0 aliphatic rings. The Morgan fingerprint density at radius 2 is 1.81 bits per heavy atom. The van der Waals surface area contributed by atoms with Gasteiger partial charge in [-0.2, -0.15) is 0 Å². The zero-order chi connectivity index (χ0) is 19.5. The van der Waals surface area contributed by atoms with Crippen molar-refractivity contribution in [2.75, 3.05) is 18.5 Å². The predicted octanol–water partition coefficient (Wildman–Crippen LogP) is 6.36. The third-order valence-corrected chi connectivity index (χ3v) is 4.42. The van der Waals surface area contributed by atoms with E-state index in [9.17, 15) is 4.79 Å². The van der Waals surface area contributed by atoms with Crippen molar-refractivity contribution in [2.45, 2.75) is 39.0 Å². The highest BCUT2D eigenvalue weighted by atomic mass is 35.5. The SMILES string of the molecule is CCCCCCCOc1cccc(NC(=O)COc2ccc(Cl)cc2Cl)c1. The van der Waals surface area contributed by atoms with Crippen LogP contribution in [0.4, 0.5) is 5.69 Å². The fourth-order valence-corrected chi connectivity index (χ4v) is 2.95. The minimum absolute atomic E-state index is 0.149. The lowest BCUT2D eigenvalue weighted by atomic mass is 10.2. The number of ether oxygens (including phenoxy) is 2. The fourth-order valence-electron chi connectivity index (χ4n) is 2.49. The molecule has 1 N–H and O–H groups in total. The summed E-state index contributed by atoms with van der Waals surface area (Å²) in [6.07, 6.45) is 5.95. The van der Waals surface area contributed by atoms with Crippen molar-refractivity contribution < 1.29 is 14.3 Å². The van der Waals surface area contributed by atoms with Crippen LogP contribution in [0, 0.1) is 0 Å². The average molecular weight is 410 g/mol. The van der Waals surface area contributed by atoms with Crippen LogP contribution < -0.4 is 14.8 Å². The van der Waals surface area contributed by atoms with Gasteiger partial charge in [0.2, 0.25) is 0 Å². The monoisotopic (exact) mass is 409 g/mol. The Balaban J connectivity index is 1.76. The highest BCUT2D eigenvalue weighted by Gasteiger charge is 2.07. The van der Waals surface area contributed by atoms with E-state index in [0.717, 1.165) is 12.2 Å². The molecule has 2 aromatic rings. The molecule has 1 amide bonds. The molecule has 0 aromatic heterocycles. The van der Waals surface area contributed by atoms with Crippen LogP contribution in [-0.2, 0) is 4.79 Å². The van der Waals surface area contributed by atoms with E-state index in [1.165, 1.54) is 25.7 Å². The first-order chi connectivity index (χ1) is 13.1. The van der Waals surface area contributed by atoms with E-state index in [2.05, 4.69) is 12.2 Å². The second kappa shape index (κ2) is 11.7. The Hall–Kier alpha value is -1.91. The molecule has 0 bridgehead atoms. The van der Waals surface area contributed by atoms with Gasteiger partial charge >= 0.3 is 0 Å².